The van der Waals surface area contributed by atoms with E-state index in [9.17, 15) is 31.9 Å². The molecule has 154 valence electrons. The lowest BCUT2D eigenvalue weighted by atomic mass is 10.1. The fourth-order valence-electron chi connectivity index (χ4n) is 2.72. The number of hydrogen-bond acceptors (Lipinski definition) is 7. The van der Waals surface area contributed by atoms with E-state index in [-0.39, 0.29) is 24.5 Å². The van der Waals surface area contributed by atoms with Crippen LogP contribution in [-0.2, 0) is 17.5 Å². The summed E-state index contributed by atoms with van der Waals surface area (Å²) < 4.78 is 76.1. The molecular formula is C15H15F5N4O4. The van der Waals surface area contributed by atoms with Crippen LogP contribution in [0.25, 0.3) is 0 Å². The van der Waals surface area contributed by atoms with Gasteiger partial charge in [-0.1, -0.05) is 0 Å². The fraction of sp³-hybridized carbons (Fsp3) is 0.467. The number of anilines is 1. The van der Waals surface area contributed by atoms with Crippen LogP contribution in [-0.4, -0.2) is 39.3 Å². The highest BCUT2D eigenvalue weighted by Gasteiger charge is 2.59. The minimum atomic E-state index is -4.64. The Hall–Kier alpha value is -2.51. The SMILES string of the molecule is Nc1ccn([C@@H]2O[C@H](CNCc3coc(C(F)(F)F)c3)[C@@H](O)C2(F)F)c(=O)n1. The second-order valence-corrected chi connectivity index (χ2v) is 6.14. The molecule has 0 saturated carbocycles. The van der Waals surface area contributed by atoms with E-state index in [1.54, 1.807) is 0 Å². The summed E-state index contributed by atoms with van der Waals surface area (Å²) >= 11 is 0. The van der Waals surface area contributed by atoms with Gasteiger partial charge in [0.05, 0.1) is 6.26 Å². The van der Waals surface area contributed by atoms with E-state index in [1.165, 1.54) is 0 Å². The van der Waals surface area contributed by atoms with Gasteiger partial charge < -0.3 is 25.3 Å². The number of nitrogens with zero attached hydrogens (tertiary/aromatic N) is 2. The Kier molecular flexibility index (Phi) is 5.16. The smallest absolute Gasteiger partial charge is 0.449 e. The molecule has 4 N–H and O–H groups in total. The quantitative estimate of drug-likeness (QED) is 0.633. The minimum Gasteiger partial charge on any atom is -0.459 e. The van der Waals surface area contributed by atoms with Crippen molar-refractivity contribution in [3.05, 3.63) is 46.4 Å². The van der Waals surface area contributed by atoms with Gasteiger partial charge in [0.2, 0.25) is 12.0 Å². The van der Waals surface area contributed by atoms with Gasteiger partial charge in [0.25, 0.3) is 0 Å². The van der Waals surface area contributed by atoms with E-state index < -0.39 is 42.0 Å². The monoisotopic (exact) mass is 410 g/mol. The molecular weight excluding hydrogens is 395 g/mol. The Morgan fingerprint density at radius 3 is 2.71 bits per heavy atom. The Labute approximate surface area is 153 Å². The number of aliphatic hydroxyl groups excluding tert-OH is 1. The summed E-state index contributed by atoms with van der Waals surface area (Å²) in [5.41, 5.74) is 4.35. The van der Waals surface area contributed by atoms with Gasteiger partial charge in [-0.25, -0.2) is 4.79 Å². The van der Waals surface area contributed by atoms with E-state index >= 15 is 0 Å². The highest BCUT2D eigenvalue weighted by Crippen LogP contribution is 2.42. The lowest BCUT2D eigenvalue weighted by Gasteiger charge is -2.20. The molecule has 2 aromatic rings. The molecule has 3 heterocycles. The van der Waals surface area contributed by atoms with Crippen molar-refractivity contribution in [2.45, 2.75) is 37.1 Å². The van der Waals surface area contributed by atoms with Crippen molar-refractivity contribution in [2.75, 3.05) is 12.3 Å². The van der Waals surface area contributed by atoms with Gasteiger partial charge in [0.1, 0.15) is 18.0 Å². The van der Waals surface area contributed by atoms with Gasteiger partial charge >= 0.3 is 17.8 Å². The fourth-order valence-corrected chi connectivity index (χ4v) is 2.72. The van der Waals surface area contributed by atoms with E-state index in [0.717, 1.165) is 24.6 Å². The minimum absolute atomic E-state index is 0.127. The number of aromatic nitrogens is 2. The molecule has 0 radical (unpaired) electrons. The molecule has 28 heavy (non-hydrogen) atoms. The number of furan rings is 1. The number of ether oxygens (including phenoxy) is 1. The van der Waals surface area contributed by atoms with Crippen LogP contribution >= 0.6 is 0 Å². The van der Waals surface area contributed by atoms with Gasteiger partial charge in [0.15, 0.2) is 0 Å². The number of halogens is 5. The summed E-state index contributed by atoms with van der Waals surface area (Å²) in [7, 11) is 0. The molecule has 1 fully saturated rings. The number of nitrogens with two attached hydrogens (primary N) is 1. The van der Waals surface area contributed by atoms with Crippen molar-refractivity contribution in [3.63, 3.8) is 0 Å². The molecule has 13 heteroatoms. The molecule has 0 unspecified atom stereocenters. The molecule has 1 saturated heterocycles. The lowest BCUT2D eigenvalue weighted by Crippen LogP contribution is -2.43. The normalized spacial score (nSPS) is 24.6. The van der Waals surface area contributed by atoms with Crippen LogP contribution in [0.4, 0.5) is 27.8 Å². The predicted molar refractivity (Wildman–Crippen MR) is 83.2 cm³/mol. The molecule has 0 spiro atoms. The first-order valence-electron chi connectivity index (χ1n) is 7.91. The highest BCUT2D eigenvalue weighted by molar-refractivity contribution is 5.23. The molecule has 0 aromatic carbocycles. The van der Waals surface area contributed by atoms with E-state index in [4.69, 9.17) is 10.5 Å². The number of rotatable bonds is 5. The average Bonchev–Trinajstić information content (AvgIpc) is 3.14. The second kappa shape index (κ2) is 7.14. The third-order valence-corrected chi connectivity index (χ3v) is 4.09. The van der Waals surface area contributed by atoms with Crippen molar-refractivity contribution in [3.8, 4) is 0 Å². The maximum Gasteiger partial charge on any atom is 0.449 e. The Balaban J connectivity index is 1.65. The first-order valence-corrected chi connectivity index (χ1v) is 7.91. The van der Waals surface area contributed by atoms with E-state index in [1.807, 2.05) is 0 Å². The van der Waals surface area contributed by atoms with Crippen LogP contribution < -0.4 is 16.7 Å². The van der Waals surface area contributed by atoms with Gasteiger partial charge in [-0.05, 0) is 12.1 Å². The molecule has 3 atom stereocenters. The highest BCUT2D eigenvalue weighted by atomic mass is 19.4. The predicted octanol–water partition coefficient (Wildman–Crippen LogP) is 1.12. The van der Waals surface area contributed by atoms with Gasteiger partial charge in [-0.3, -0.25) is 4.57 Å². The first kappa shape index (κ1) is 20.2. The summed E-state index contributed by atoms with van der Waals surface area (Å²) in [6, 6.07) is 1.88. The third kappa shape index (κ3) is 3.86. The number of aliphatic hydroxyl groups is 1. The summed E-state index contributed by atoms with van der Waals surface area (Å²) in [6.07, 6.45) is -8.60. The zero-order chi connectivity index (χ0) is 20.7. The number of nitrogens with one attached hydrogen (secondary N) is 1. The summed E-state index contributed by atoms with van der Waals surface area (Å²) in [6.45, 7) is -0.470. The van der Waals surface area contributed by atoms with Crippen LogP contribution in [0.1, 0.15) is 17.6 Å². The van der Waals surface area contributed by atoms with Crippen LogP contribution in [0.3, 0.4) is 0 Å². The second-order valence-electron chi connectivity index (χ2n) is 6.14. The van der Waals surface area contributed by atoms with Crippen molar-refractivity contribution >= 4 is 5.82 Å². The number of alkyl halides is 5. The molecule has 1 aliphatic heterocycles. The van der Waals surface area contributed by atoms with E-state index in [2.05, 4.69) is 14.7 Å². The molecule has 0 amide bonds. The van der Waals surface area contributed by atoms with Gasteiger partial charge in [-0.2, -0.15) is 26.9 Å². The molecule has 0 bridgehead atoms. The Morgan fingerprint density at radius 2 is 2.11 bits per heavy atom. The van der Waals surface area contributed by atoms with Crippen molar-refractivity contribution in [1.82, 2.24) is 14.9 Å². The van der Waals surface area contributed by atoms with Gasteiger partial charge in [0, 0.05) is 24.8 Å². The Morgan fingerprint density at radius 1 is 1.39 bits per heavy atom. The largest absolute Gasteiger partial charge is 0.459 e. The van der Waals surface area contributed by atoms with Crippen LogP contribution in [0.15, 0.2) is 33.8 Å². The average molecular weight is 410 g/mol. The summed E-state index contributed by atoms with van der Waals surface area (Å²) in [5, 5.41) is 12.5. The third-order valence-electron chi connectivity index (χ3n) is 4.09. The summed E-state index contributed by atoms with van der Waals surface area (Å²) in [5.74, 6) is -5.17. The zero-order valence-corrected chi connectivity index (χ0v) is 14.0. The molecule has 8 nitrogen and oxygen atoms in total. The van der Waals surface area contributed by atoms with Crippen molar-refractivity contribution in [1.29, 1.82) is 0 Å². The molecule has 0 aliphatic carbocycles. The lowest BCUT2D eigenvalue weighted by molar-refractivity contribution is -0.153. The van der Waals surface area contributed by atoms with E-state index in [0.29, 0.717) is 4.57 Å². The standard InChI is InChI=1S/C15H15F5N4O4/c16-14(17)11(25)8(28-12(14)24-2-1-10(21)23-13(24)26)5-22-4-7-3-9(27-6-7)15(18,19)20/h1-3,6,8,11-12,22,25H,4-5H2,(H2,21,23,26)/t8-,11-,12-/m1/s1. The molecule has 1 aliphatic rings. The number of hydrogen-bond donors (Lipinski definition) is 3. The van der Waals surface area contributed by atoms with Crippen LogP contribution in [0, 0.1) is 0 Å². The first-order chi connectivity index (χ1) is 13.0. The van der Waals surface area contributed by atoms with Crippen LogP contribution in [0.2, 0.25) is 0 Å². The van der Waals surface area contributed by atoms with Crippen molar-refractivity contribution < 1.29 is 36.2 Å². The van der Waals surface area contributed by atoms with Crippen molar-refractivity contribution in [2.24, 2.45) is 0 Å². The van der Waals surface area contributed by atoms with Crippen LogP contribution in [0.5, 0.6) is 0 Å². The van der Waals surface area contributed by atoms with Gasteiger partial charge in [-0.15, -0.1) is 0 Å². The molecule has 2 aromatic heterocycles. The maximum atomic E-state index is 14.3. The molecule has 3 rings (SSSR count). The Bertz CT molecular complexity index is 897. The number of nitrogen functional groups attached to an aromatic ring is 1. The zero-order valence-electron chi connectivity index (χ0n) is 14.0. The maximum absolute atomic E-state index is 14.3. The topological polar surface area (TPSA) is 116 Å². The summed E-state index contributed by atoms with van der Waals surface area (Å²) in [4.78, 5) is 15.1.